The topological polar surface area (TPSA) is 78.9 Å². The average Bonchev–Trinajstić information content (AvgIpc) is 2.84. The number of amides is 1. The molecule has 0 bridgehead atoms. The predicted molar refractivity (Wildman–Crippen MR) is 135 cm³/mol. The van der Waals surface area contributed by atoms with Gasteiger partial charge in [0.1, 0.15) is 11.5 Å². The molecule has 1 atom stereocenters. The number of para-hydroxylation sites is 1. The van der Waals surface area contributed by atoms with Crippen LogP contribution in [0.1, 0.15) is 85.2 Å². The summed E-state index contributed by atoms with van der Waals surface area (Å²) >= 11 is 0. The number of carbonyl (C=O) groups is 2. The third kappa shape index (κ3) is 5.53. The number of carbonyl (C=O) groups excluding carboxylic acids is 1. The summed E-state index contributed by atoms with van der Waals surface area (Å²) in [5, 5.41) is 12.8. The van der Waals surface area contributed by atoms with Crippen LogP contribution in [0, 0.1) is 5.92 Å². The number of nitrogens with one attached hydrogen (secondary N) is 1. The van der Waals surface area contributed by atoms with Gasteiger partial charge in [-0.25, -0.2) is 4.79 Å². The predicted octanol–water partition coefficient (Wildman–Crippen LogP) is 5.56. The number of nitrogens with zero attached hydrogens (tertiary/aromatic N) is 1. The van der Waals surface area contributed by atoms with Crippen LogP contribution in [0.4, 0.5) is 0 Å². The van der Waals surface area contributed by atoms with Crippen LogP contribution in [0.5, 0.6) is 11.5 Å². The monoisotopic (exact) mass is 476 g/mol. The molecule has 35 heavy (non-hydrogen) atoms. The van der Waals surface area contributed by atoms with Gasteiger partial charge in [0.2, 0.25) is 5.91 Å². The lowest BCUT2D eigenvalue weighted by Gasteiger charge is -2.36. The Kier molecular flexibility index (Phi) is 7.37. The minimum atomic E-state index is -1.01. The number of carboxylic acids is 1. The molecule has 186 valence electrons. The van der Waals surface area contributed by atoms with Gasteiger partial charge >= 0.3 is 5.97 Å². The van der Waals surface area contributed by atoms with E-state index in [2.05, 4.69) is 10.2 Å². The fraction of sp³-hybridized carbons (Fsp3) is 0.517. The Morgan fingerprint density at radius 2 is 1.57 bits per heavy atom. The van der Waals surface area contributed by atoms with Gasteiger partial charge in [0.25, 0.3) is 0 Å². The van der Waals surface area contributed by atoms with Gasteiger partial charge in [-0.1, -0.05) is 50.3 Å². The molecule has 2 aromatic rings. The van der Waals surface area contributed by atoms with Crippen molar-refractivity contribution in [1.82, 2.24) is 10.2 Å². The highest BCUT2D eigenvalue weighted by atomic mass is 16.5. The summed E-state index contributed by atoms with van der Waals surface area (Å²) < 4.78 is 6.01. The van der Waals surface area contributed by atoms with Crippen LogP contribution < -0.4 is 10.1 Å². The van der Waals surface area contributed by atoms with Crippen LogP contribution in [0.25, 0.3) is 0 Å². The number of carboxylic acid groups (broad SMARTS) is 1. The number of benzene rings is 2. The van der Waals surface area contributed by atoms with Crippen molar-refractivity contribution in [3.63, 3.8) is 0 Å². The second-order valence-electron chi connectivity index (χ2n) is 10.4. The van der Waals surface area contributed by atoms with Crippen molar-refractivity contribution in [1.29, 1.82) is 0 Å². The third-order valence-electron chi connectivity index (χ3n) is 7.95. The van der Waals surface area contributed by atoms with E-state index in [-0.39, 0.29) is 17.5 Å². The molecule has 1 aliphatic carbocycles. The van der Waals surface area contributed by atoms with Crippen LogP contribution in [0.15, 0.2) is 42.5 Å². The Balaban J connectivity index is 1.25. The first kappa shape index (κ1) is 23.9. The van der Waals surface area contributed by atoms with Gasteiger partial charge in [0.05, 0.1) is 11.5 Å². The fourth-order valence-electron chi connectivity index (χ4n) is 6.01. The molecule has 2 fully saturated rings. The van der Waals surface area contributed by atoms with Crippen molar-refractivity contribution < 1.29 is 19.4 Å². The molecule has 2 aliphatic heterocycles. The van der Waals surface area contributed by atoms with Crippen LogP contribution in [0.2, 0.25) is 0 Å². The van der Waals surface area contributed by atoms with Crippen LogP contribution in [0.3, 0.4) is 0 Å². The summed E-state index contributed by atoms with van der Waals surface area (Å²) in [5.41, 5.74) is 1.55. The summed E-state index contributed by atoms with van der Waals surface area (Å²) in [6, 6.07) is 12.4. The van der Waals surface area contributed by atoms with Crippen molar-refractivity contribution in [3.8, 4) is 11.5 Å². The minimum absolute atomic E-state index is 0.0805. The first-order chi connectivity index (χ1) is 17.1. The van der Waals surface area contributed by atoms with Gasteiger partial charge in [-0.2, -0.15) is 0 Å². The van der Waals surface area contributed by atoms with E-state index in [0.717, 1.165) is 37.4 Å². The first-order valence-corrected chi connectivity index (χ1v) is 13.3. The van der Waals surface area contributed by atoms with E-state index in [1.165, 1.54) is 57.6 Å². The van der Waals surface area contributed by atoms with Crippen molar-refractivity contribution in [2.24, 2.45) is 5.92 Å². The van der Waals surface area contributed by atoms with E-state index in [0.29, 0.717) is 17.1 Å². The van der Waals surface area contributed by atoms with E-state index in [9.17, 15) is 14.7 Å². The maximum atomic E-state index is 13.6. The van der Waals surface area contributed by atoms with Gasteiger partial charge in [0.15, 0.2) is 0 Å². The molecule has 5 rings (SSSR count). The fourth-order valence-corrected chi connectivity index (χ4v) is 6.01. The lowest BCUT2D eigenvalue weighted by Crippen LogP contribution is -2.47. The third-order valence-corrected chi connectivity index (χ3v) is 7.95. The van der Waals surface area contributed by atoms with Gasteiger partial charge in [-0.05, 0) is 55.9 Å². The SMILES string of the molecule is O=C(O)c1ccc2c(c1)C(C(=O)NC1CCN(CC3CCCCCCC3)CC1)c1ccccc1O2. The maximum Gasteiger partial charge on any atom is 0.335 e. The van der Waals surface area contributed by atoms with Gasteiger partial charge < -0.3 is 20.1 Å². The normalized spacial score (nSPS) is 21.7. The number of hydrogen-bond acceptors (Lipinski definition) is 4. The average molecular weight is 477 g/mol. The number of piperidine rings is 1. The molecule has 0 radical (unpaired) electrons. The number of rotatable bonds is 5. The second kappa shape index (κ2) is 10.8. The van der Waals surface area contributed by atoms with E-state index in [1.54, 1.807) is 12.1 Å². The highest BCUT2D eigenvalue weighted by Crippen LogP contribution is 2.44. The van der Waals surface area contributed by atoms with Crippen LogP contribution in [-0.4, -0.2) is 47.6 Å². The van der Waals surface area contributed by atoms with E-state index in [1.807, 2.05) is 24.3 Å². The maximum absolute atomic E-state index is 13.6. The van der Waals surface area contributed by atoms with Crippen molar-refractivity contribution in [2.45, 2.75) is 69.7 Å². The Hall–Kier alpha value is -2.86. The van der Waals surface area contributed by atoms with Crippen molar-refractivity contribution in [3.05, 3.63) is 59.2 Å². The molecular formula is C29H36N2O4. The Morgan fingerprint density at radius 3 is 2.31 bits per heavy atom. The van der Waals surface area contributed by atoms with Gasteiger partial charge in [-0.15, -0.1) is 0 Å². The molecule has 2 heterocycles. The zero-order valence-corrected chi connectivity index (χ0v) is 20.4. The standard InChI is InChI=1S/C29H36N2O4/c32-28(30-22-14-16-31(17-15-22)19-20-8-4-2-1-3-5-9-20)27-23-10-6-7-11-25(23)35-26-13-12-21(29(33)34)18-24(26)27/h6-7,10-13,18,20,22,27H,1-5,8-9,14-17,19H2,(H,30,32)(H,33,34). The molecule has 0 spiro atoms. The molecule has 6 nitrogen and oxygen atoms in total. The summed E-state index contributed by atoms with van der Waals surface area (Å²) in [4.78, 5) is 27.8. The smallest absolute Gasteiger partial charge is 0.335 e. The van der Waals surface area contributed by atoms with Crippen molar-refractivity contribution in [2.75, 3.05) is 19.6 Å². The highest BCUT2D eigenvalue weighted by molar-refractivity contribution is 5.92. The molecule has 2 aromatic carbocycles. The zero-order valence-electron chi connectivity index (χ0n) is 20.4. The van der Waals surface area contributed by atoms with E-state index >= 15 is 0 Å². The lowest BCUT2D eigenvalue weighted by molar-refractivity contribution is -0.122. The number of likely N-dealkylation sites (tertiary alicyclic amines) is 1. The molecule has 1 unspecified atom stereocenters. The van der Waals surface area contributed by atoms with Gasteiger partial charge in [-0.3, -0.25) is 4.79 Å². The van der Waals surface area contributed by atoms with Crippen LogP contribution >= 0.6 is 0 Å². The molecule has 1 amide bonds. The minimum Gasteiger partial charge on any atom is -0.478 e. The molecule has 0 aromatic heterocycles. The Bertz CT molecular complexity index is 1050. The summed E-state index contributed by atoms with van der Waals surface area (Å²) in [5.74, 6) is 0.341. The van der Waals surface area contributed by atoms with Crippen molar-refractivity contribution >= 4 is 11.9 Å². The summed E-state index contributed by atoms with van der Waals surface area (Å²) in [6.07, 6.45) is 11.5. The Labute approximate surface area is 207 Å². The number of ether oxygens (including phenoxy) is 1. The molecular weight excluding hydrogens is 440 g/mol. The zero-order chi connectivity index (χ0) is 24.2. The van der Waals surface area contributed by atoms with E-state index < -0.39 is 11.9 Å². The highest BCUT2D eigenvalue weighted by Gasteiger charge is 2.35. The van der Waals surface area contributed by atoms with Gasteiger partial charge in [0, 0.05) is 36.8 Å². The van der Waals surface area contributed by atoms with Crippen LogP contribution in [-0.2, 0) is 4.79 Å². The summed E-state index contributed by atoms with van der Waals surface area (Å²) in [7, 11) is 0. The summed E-state index contributed by atoms with van der Waals surface area (Å²) in [6.45, 7) is 3.23. The quantitative estimate of drug-likeness (QED) is 0.590. The van der Waals surface area contributed by atoms with E-state index in [4.69, 9.17) is 4.74 Å². The number of aromatic carboxylic acids is 1. The molecule has 1 saturated carbocycles. The lowest BCUT2D eigenvalue weighted by atomic mass is 9.86. The molecule has 3 aliphatic rings. The number of fused-ring (bicyclic) bond motifs is 2. The molecule has 2 N–H and O–H groups in total. The Morgan fingerprint density at radius 1 is 0.886 bits per heavy atom. The molecule has 6 heteroatoms. The number of hydrogen-bond donors (Lipinski definition) is 2. The largest absolute Gasteiger partial charge is 0.478 e. The first-order valence-electron chi connectivity index (χ1n) is 13.3. The molecule has 1 saturated heterocycles. The second-order valence-corrected chi connectivity index (χ2v) is 10.4.